The number of fused-ring (bicyclic) bond motifs is 1. The van der Waals surface area contributed by atoms with Gasteiger partial charge in [-0.15, -0.1) is 0 Å². The van der Waals surface area contributed by atoms with Crippen LogP contribution in [0.2, 0.25) is 5.02 Å². The summed E-state index contributed by atoms with van der Waals surface area (Å²) in [5, 5.41) is 9.41. The zero-order valence-corrected chi connectivity index (χ0v) is 21.2. The number of aromatic nitrogens is 3. The van der Waals surface area contributed by atoms with Crippen LogP contribution in [-0.2, 0) is 14.6 Å². The van der Waals surface area contributed by atoms with E-state index in [9.17, 15) is 27.5 Å². The van der Waals surface area contributed by atoms with Crippen molar-refractivity contribution in [2.75, 3.05) is 7.11 Å². The summed E-state index contributed by atoms with van der Waals surface area (Å²) in [4.78, 5) is 30.8. The number of carboxylic acid groups (broad SMARTS) is 1. The standard InChI is InChI=1S/C24H21ClFN3O6S/c1-12-10-16(22(30)31)27-21-20(12)28-23(32)29(21)17-11-13(8-9-14(17)25)36(33,34)24(2,3)19-15(26)6-5-7-18(19)35-4/h5-11H,1-4H3,(H,28,32)(H,30,31). The second kappa shape index (κ2) is 8.75. The third-order valence-electron chi connectivity index (χ3n) is 6.00. The molecule has 0 atom stereocenters. The van der Waals surface area contributed by atoms with Crippen molar-refractivity contribution in [2.45, 2.75) is 30.4 Å². The molecule has 2 aromatic heterocycles. The fourth-order valence-electron chi connectivity index (χ4n) is 4.08. The van der Waals surface area contributed by atoms with Gasteiger partial charge in [-0.3, -0.25) is 0 Å². The van der Waals surface area contributed by atoms with E-state index in [1.165, 1.54) is 57.4 Å². The molecule has 2 heterocycles. The number of aryl methyl sites for hydroxylation is 1. The van der Waals surface area contributed by atoms with Gasteiger partial charge in [0.1, 0.15) is 16.3 Å². The molecule has 9 nitrogen and oxygen atoms in total. The van der Waals surface area contributed by atoms with Gasteiger partial charge in [0.2, 0.25) is 0 Å². The van der Waals surface area contributed by atoms with E-state index in [4.69, 9.17) is 16.3 Å². The highest BCUT2D eigenvalue weighted by Gasteiger charge is 2.42. The van der Waals surface area contributed by atoms with E-state index in [1.54, 1.807) is 6.92 Å². The molecule has 0 bridgehead atoms. The number of methoxy groups -OCH3 is 1. The highest BCUT2D eigenvalue weighted by Crippen LogP contribution is 2.42. The summed E-state index contributed by atoms with van der Waals surface area (Å²) in [5.41, 5.74) is -0.526. The van der Waals surface area contributed by atoms with Gasteiger partial charge in [0.25, 0.3) is 0 Å². The van der Waals surface area contributed by atoms with Crippen molar-refractivity contribution in [3.8, 4) is 11.4 Å². The maximum Gasteiger partial charge on any atom is 0.354 e. The zero-order chi connectivity index (χ0) is 26.6. The Morgan fingerprint density at radius 1 is 1.22 bits per heavy atom. The molecular weight excluding hydrogens is 513 g/mol. The minimum Gasteiger partial charge on any atom is -0.496 e. The predicted molar refractivity (Wildman–Crippen MR) is 132 cm³/mol. The molecule has 36 heavy (non-hydrogen) atoms. The van der Waals surface area contributed by atoms with Crippen LogP contribution in [0, 0.1) is 12.7 Å². The summed E-state index contributed by atoms with van der Waals surface area (Å²) in [6.07, 6.45) is 0. The summed E-state index contributed by atoms with van der Waals surface area (Å²) in [6, 6.07) is 9.02. The molecule has 0 fully saturated rings. The van der Waals surface area contributed by atoms with Gasteiger partial charge in [-0.25, -0.2) is 31.9 Å². The Labute approximate surface area is 210 Å². The second-order valence-corrected chi connectivity index (χ2v) is 11.4. The minimum atomic E-state index is -4.29. The van der Waals surface area contributed by atoms with Crippen molar-refractivity contribution in [3.63, 3.8) is 0 Å². The normalized spacial score (nSPS) is 12.2. The minimum absolute atomic E-state index is 0.0124. The van der Waals surface area contributed by atoms with E-state index in [0.29, 0.717) is 5.56 Å². The number of hydrogen-bond acceptors (Lipinski definition) is 6. The van der Waals surface area contributed by atoms with Crippen LogP contribution in [0.3, 0.4) is 0 Å². The molecule has 0 aliphatic rings. The number of nitrogens with zero attached hydrogens (tertiary/aromatic N) is 2. The Balaban J connectivity index is 1.97. The number of hydrogen-bond donors (Lipinski definition) is 2. The van der Waals surface area contributed by atoms with Gasteiger partial charge < -0.3 is 14.8 Å². The number of nitrogens with one attached hydrogen (secondary N) is 1. The van der Waals surface area contributed by atoms with E-state index in [-0.39, 0.29) is 43.8 Å². The Bertz CT molecular complexity index is 1710. The van der Waals surface area contributed by atoms with E-state index >= 15 is 0 Å². The fourth-order valence-corrected chi connectivity index (χ4v) is 5.86. The van der Waals surface area contributed by atoms with E-state index in [1.807, 2.05) is 0 Å². The quantitative estimate of drug-likeness (QED) is 0.379. The lowest BCUT2D eigenvalue weighted by molar-refractivity contribution is 0.0690. The molecule has 0 unspecified atom stereocenters. The van der Waals surface area contributed by atoms with Crippen LogP contribution < -0.4 is 10.4 Å². The van der Waals surface area contributed by atoms with Crippen LogP contribution in [0.5, 0.6) is 5.75 Å². The highest BCUT2D eigenvalue weighted by molar-refractivity contribution is 7.92. The number of benzene rings is 2. The molecule has 0 amide bonds. The molecule has 4 rings (SSSR count). The fraction of sp³-hybridized carbons (Fsp3) is 0.208. The van der Waals surface area contributed by atoms with Crippen molar-refractivity contribution in [3.05, 3.63) is 80.6 Å². The summed E-state index contributed by atoms with van der Waals surface area (Å²) < 4.78 is 46.9. The smallest absolute Gasteiger partial charge is 0.354 e. The van der Waals surface area contributed by atoms with Gasteiger partial charge in [0.15, 0.2) is 21.2 Å². The monoisotopic (exact) mass is 533 g/mol. The first kappa shape index (κ1) is 25.4. The molecule has 2 aromatic carbocycles. The first-order valence-corrected chi connectivity index (χ1v) is 12.4. The number of carboxylic acids is 1. The first-order chi connectivity index (χ1) is 16.8. The summed E-state index contributed by atoms with van der Waals surface area (Å²) in [7, 11) is -2.98. The molecule has 188 valence electrons. The van der Waals surface area contributed by atoms with Crippen molar-refractivity contribution < 1.29 is 27.4 Å². The van der Waals surface area contributed by atoms with E-state index in [2.05, 4.69) is 9.97 Å². The molecule has 0 spiro atoms. The largest absolute Gasteiger partial charge is 0.496 e. The molecule has 0 aliphatic heterocycles. The third kappa shape index (κ3) is 3.84. The SMILES string of the molecule is COc1cccc(F)c1C(C)(C)S(=O)(=O)c1ccc(Cl)c(-n2c(=O)[nH]c3c(C)cc(C(=O)O)nc32)c1. The Morgan fingerprint density at radius 3 is 2.56 bits per heavy atom. The van der Waals surface area contributed by atoms with Crippen molar-refractivity contribution >= 4 is 38.6 Å². The van der Waals surface area contributed by atoms with Gasteiger partial charge in [0.05, 0.1) is 33.8 Å². The Hall–Kier alpha value is -3.70. The lowest BCUT2D eigenvalue weighted by Crippen LogP contribution is -2.31. The average Bonchev–Trinajstić information content (AvgIpc) is 3.15. The number of imidazole rings is 1. The molecule has 2 N–H and O–H groups in total. The van der Waals surface area contributed by atoms with Crippen molar-refractivity contribution in [2.24, 2.45) is 0 Å². The third-order valence-corrected chi connectivity index (χ3v) is 8.74. The number of H-pyrrole nitrogens is 1. The molecule has 0 saturated heterocycles. The number of aromatic carboxylic acids is 1. The molecule has 12 heteroatoms. The van der Waals surface area contributed by atoms with Gasteiger partial charge in [-0.05, 0) is 62.7 Å². The van der Waals surface area contributed by atoms with Crippen LogP contribution in [0.1, 0.15) is 35.5 Å². The van der Waals surface area contributed by atoms with Crippen LogP contribution in [0.25, 0.3) is 16.9 Å². The second-order valence-electron chi connectivity index (χ2n) is 8.54. The van der Waals surface area contributed by atoms with Crippen LogP contribution in [0.15, 0.2) is 52.2 Å². The van der Waals surface area contributed by atoms with Crippen LogP contribution in [-0.4, -0.2) is 41.1 Å². The number of ether oxygens (including phenoxy) is 1. The lowest BCUT2D eigenvalue weighted by Gasteiger charge is -2.28. The number of halogens is 2. The topological polar surface area (TPSA) is 131 Å². The number of aromatic amines is 1. The van der Waals surface area contributed by atoms with E-state index in [0.717, 1.165) is 10.6 Å². The first-order valence-electron chi connectivity index (χ1n) is 10.5. The Morgan fingerprint density at radius 2 is 1.92 bits per heavy atom. The summed E-state index contributed by atoms with van der Waals surface area (Å²) in [6.45, 7) is 4.29. The molecular formula is C24H21ClFN3O6S. The maximum absolute atomic E-state index is 14.8. The zero-order valence-electron chi connectivity index (χ0n) is 19.6. The van der Waals surface area contributed by atoms with Crippen LogP contribution >= 0.6 is 11.6 Å². The number of pyridine rings is 1. The van der Waals surface area contributed by atoms with Gasteiger partial charge in [-0.1, -0.05) is 17.7 Å². The summed E-state index contributed by atoms with van der Waals surface area (Å²) in [5.74, 6) is -2.00. The van der Waals surface area contributed by atoms with Gasteiger partial charge in [0, 0.05) is 0 Å². The number of sulfone groups is 1. The van der Waals surface area contributed by atoms with Crippen LogP contribution in [0.4, 0.5) is 4.39 Å². The number of carbonyl (C=O) groups is 1. The van der Waals surface area contributed by atoms with E-state index < -0.39 is 32.1 Å². The summed E-state index contributed by atoms with van der Waals surface area (Å²) >= 11 is 6.36. The predicted octanol–water partition coefficient (Wildman–Crippen LogP) is 4.23. The maximum atomic E-state index is 14.8. The molecule has 4 aromatic rings. The average molecular weight is 534 g/mol. The number of rotatable bonds is 6. The molecule has 0 radical (unpaired) electrons. The highest BCUT2D eigenvalue weighted by atomic mass is 35.5. The van der Waals surface area contributed by atoms with Crippen molar-refractivity contribution in [1.29, 1.82) is 0 Å². The van der Waals surface area contributed by atoms with Crippen molar-refractivity contribution in [1.82, 2.24) is 14.5 Å². The van der Waals surface area contributed by atoms with Gasteiger partial charge >= 0.3 is 11.7 Å². The van der Waals surface area contributed by atoms with Gasteiger partial charge in [-0.2, -0.15) is 0 Å². The lowest BCUT2D eigenvalue weighted by atomic mass is 10.0. The molecule has 0 saturated carbocycles. The molecule has 0 aliphatic carbocycles. The Kier molecular flexibility index (Phi) is 6.17.